The van der Waals surface area contributed by atoms with Crippen LogP contribution in [0.4, 0.5) is 5.69 Å². The molecule has 1 amide bonds. The summed E-state index contributed by atoms with van der Waals surface area (Å²) in [4.78, 5) is 21.4. The first-order valence-corrected chi connectivity index (χ1v) is 9.14. The van der Waals surface area contributed by atoms with Crippen molar-refractivity contribution in [3.05, 3.63) is 53.5 Å². The lowest BCUT2D eigenvalue weighted by atomic mass is 10.1. The van der Waals surface area contributed by atoms with Crippen LogP contribution < -0.4 is 5.32 Å². The smallest absolute Gasteiger partial charge is 0.224 e. The average Bonchev–Trinajstić information content (AvgIpc) is 2.96. The molecule has 3 rings (SSSR count). The van der Waals surface area contributed by atoms with Crippen LogP contribution in [0.25, 0.3) is 11.2 Å². The number of imidazole rings is 1. The van der Waals surface area contributed by atoms with Gasteiger partial charge in [-0.1, -0.05) is 6.07 Å². The predicted octanol–water partition coefficient (Wildman–Crippen LogP) is 4.59. The second-order valence-electron chi connectivity index (χ2n) is 7.04. The molecular formula is C21H26N4O. The SMILES string of the molecule is Cc1ccc(NC(=O)CCCc2nc3cccnc3n2C(C)C)cc1C. The van der Waals surface area contributed by atoms with Crippen molar-refractivity contribution in [2.75, 3.05) is 5.32 Å². The van der Waals surface area contributed by atoms with Crippen molar-refractivity contribution in [2.24, 2.45) is 0 Å². The molecule has 5 heteroatoms. The van der Waals surface area contributed by atoms with E-state index in [1.54, 1.807) is 6.20 Å². The molecule has 0 atom stereocenters. The summed E-state index contributed by atoms with van der Waals surface area (Å²) in [5, 5.41) is 2.98. The van der Waals surface area contributed by atoms with Gasteiger partial charge in [-0.05, 0) is 69.5 Å². The Morgan fingerprint density at radius 1 is 1.19 bits per heavy atom. The standard InChI is InChI=1S/C21H26N4O/c1-14(2)25-19(24-18-7-6-12-22-21(18)25)8-5-9-20(26)23-17-11-10-15(3)16(4)13-17/h6-7,10-14H,5,8-9H2,1-4H3,(H,23,26). The maximum atomic E-state index is 12.2. The molecule has 0 aliphatic carbocycles. The van der Waals surface area contributed by atoms with Crippen LogP contribution in [0.1, 0.15) is 49.7 Å². The summed E-state index contributed by atoms with van der Waals surface area (Å²) in [5.74, 6) is 1.03. The predicted molar refractivity (Wildman–Crippen MR) is 105 cm³/mol. The van der Waals surface area contributed by atoms with Gasteiger partial charge in [0.1, 0.15) is 11.3 Å². The van der Waals surface area contributed by atoms with Gasteiger partial charge in [0.2, 0.25) is 5.91 Å². The molecule has 2 heterocycles. The minimum atomic E-state index is 0.0404. The molecule has 3 aromatic rings. The number of carbonyl (C=O) groups is 1. The van der Waals surface area contributed by atoms with Crippen LogP contribution in [0.3, 0.4) is 0 Å². The highest BCUT2D eigenvalue weighted by atomic mass is 16.1. The Hall–Kier alpha value is -2.69. The highest BCUT2D eigenvalue weighted by molar-refractivity contribution is 5.90. The number of pyridine rings is 1. The van der Waals surface area contributed by atoms with Crippen molar-refractivity contribution in [1.82, 2.24) is 14.5 Å². The Morgan fingerprint density at radius 2 is 2.00 bits per heavy atom. The van der Waals surface area contributed by atoms with Gasteiger partial charge in [0, 0.05) is 30.8 Å². The molecule has 2 aromatic heterocycles. The number of rotatable bonds is 6. The van der Waals surface area contributed by atoms with E-state index >= 15 is 0 Å². The first-order chi connectivity index (χ1) is 12.5. The number of aryl methyl sites for hydroxylation is 3. The molecule has 0 saturated heterocycles. The first-order valence-electron chi connectivity index (χ1n) is 9.14. The highest BCUT2D eigenvalue weighted by Gasteiger charge is 2.14. The summed E-state index contributed by atoms with van der Waals surface area (Å²) in [5.41, 5.74) is 5.09. The number of benzene rings is 1. The molecule has 1 N–H and O–H groups in total. The summed E-state index contributed by atoms with van der Waals surface area (Å²) in [7, 11) is 0. The van der Waals surface area contributed by atoms with E-state index in [0.29, 0.717) is 6.42 Å². The number of hydrogen-bond acceptors (Lipinski definition) is 3. The summed E-state index contributed by atoms with van der Waals surface area (Å²) < 4.78 is 2.16. The van der Waals surface area contributed by atoms with E-state index in [2.05, 4.69) is 42.6 Å². The second kappa shape index (κ2) is 7.68. The van der Waals surface area contributed by atoms with Gasteiger partial charge in [-0.25, -0.2) is 9.97 Å². The zero-order valence-corrected chi connectivity index (χ0v) is 15.9. The van der Waals surface area contributed by atoms with Crippen LogP contribution in [-0.2, 0) is 11.2 Å². The number of fused-ring (bicyclic) bond motifs is 1. The normalized spacial score (nSPS) is 11.3. The summed E-state index contributed by atoms with van der Waals surface area (Å²) in [6.07, 6.45) is 3.78. The quantitative estimate of drug-likeness (QED) is 0.707. The molecule has 5 nitrogen and oxygen atoms in total. The molecule has 26 heavy (non-hydrogen) atoms. The fourth-order valence-corrected chi connectivity index (χ4v) is 3.15. The maximum absolute atomic E-state index is 12.2. The summed E-state index contributed by atoms with van der Waals surface area (Å²) in [6, 6.07) is 10.2. The van der Waals surface area contributed by atoms with Gasteiger partial charge in [-0.15, -0.1) is 0 Å². The van der Waals surface area contributed by atoms with E-state index in [1.807, 2.05) is 30.3 Å². The Morgan fingerprint density at radius 3 is 2.73 bits per heavy atom. The van der Waals surface area contributed by atoms with Crippen LogP contribution in [0, 0.1) is 13.8 Å². The van der Waals surface area contributed by atoms with Gasteiger partial charge in [-0.2, -0.15) is 0 Å². The lowest BCUT2D eigenvalue weighted by Gasteiger charge is -2.12. The van der Waals surface area contributed by atoms with E-state index in [1.165, 1.54) is 11.1 Å². The van der Waals surface area contributed by atoms with Gasteiger partial charge < -0.3 is 9.88 Å². The third-order valence-electron chi connectivity index (χ3n) is 4.63. The fraction of sp³-hybridized carbons (Fsp3) is 0.381. The van der Waals surface area contributed by atoms with Crippen molar-refractivity contribution in [2.45, 2.75) is 53.0 Å². The van der Waals surface area contributed by atoms with Crippen molar-refractivity contribution in [1.29, 1.82) is 0 Å². The van der Waals surface area contributed by atoms with E-state index in [-0.39, 0.29) is 11.9 Å². The van der Waals surface area contributed by atoms with Crippen LogP contribution >= 0.6 is 0 Å². The van der Waals surface area contributed by atoms with Crippen LogP contribution in [0.15, 0.2) is 36.5 Å². The van der Waals surface area contributed by atoms with Crippen LogP contribution in [-0.4, -0.2) is 20.4 Å². The number of amides is 1. The number of anilines is 1. The lowest BCUT2D eigenvalue weighted by Crippen LogP contribution is -2.13. The minimum absolute atomic E-state index is 0.0404. The average molecular weight is 350 g/mol. The number of nitrogens with zero attached hydrogens (tertiary/aromatic N) is 3. The molecule has 0 spiro atoms. The molecule has 0 aliphatic rings. The Labute approximate surface area is 154 Å². The van der Waals surface area contributed by atoms with Crippen LogP contribution in [0.5, 0.6) is 0 Å². The summed E-state index contributed by atoms with van der Waals surface area (Å²) in [6.45, 7) is 8.38. The molecule has 0 saturated carbocycles. The second-order valence-corrected chi connectivity index (χ2v) is 7.04. The van der Waals surface area contributed by atoms with Crippen molar-refractivity contribution < 1.29 is 4.79 Å². The Balaban J connectivity index is 1.62. The van der Waals surface area contributed by atoms with Crippen LogP contribution in [0.2, 0.25) is 0 Å². The third-order valence-corrected chi connectivity index (χ3v) is 4.63. The highest BCUT2D eigenvalue weighted by Crippen LogP contribution is 2.20. The zero-order chi connectivity index (χ0) is 18.7. The molecular weight excluding hydrogens is 324 g/mol. The van der Waals surface area contributed by atoms with Gasteiger partial charge >= 0.3 is 0 Å². The van der Waals surface area contributed by atoms with Crippen molar-refractivity contribution in [3.63, 3.8) is 0 Å². The maximum Gasteiger partial charge on any atom is 0.224 e. The van der Waals surface area contributed by atoms with E-state index in [9.17, 15) is 4.79 Å². The third kappa shape index (κ3) is 3.93. The van der Waals surface area contributed by atoms with E-state index < -0.39 is 0 Å². The summed E-state index contributed by atoms with van der Waals surface area (Å²) >= 11 is 0. The first kappa shape index (κ1) is 18.1. The largest absolute Gasteiger partial charge is 0.326 e. The molecule has 0 radical (unpaired) electrons. The van der Waals surface area contributed by atoms with Gasteiger partial charge in [-0.3, -0.25) is 4.79 Å². The monoisotopic (exact) mass is 350 g/mol. The van der Waals surface area contributed by atoms with Gasteiger partial charge in [0.25, 0.3) is 0 Å². The molecule has 0 fully saturated rings. The molecule has 0 bridgehead atoms. The molecule has 136 valence electrons. The van der Waals surface area contributed by atoms with Gasteiger partial charge in [0.15, 0.2) is 5.65 Å². The molecule has 1 aromatic carbocycles. The van der Waals surface area contributed by atoms with Crippen molar-refractivity contribution >= 4 is 22.8 Å². The Kier molecular flexibility index (Phi) is 5.35. The van der Waals surface area contributed by atoms with E-state index in [4.69, 9.17) is 4.98 Å². The zero-order valence-electron chi connectivity index (χ0n) is 15.9. The number of aromatic nitrogens is 3. The minimum Gasteiger partial charge on any atom is -0.326 e. The fourth-order valence-electron chi connectivity index (χ4n) is 3.15. The van der Waals surface area contributed by atoms with Crippen molar-refractivity contribution in [3.8, 4) is 0 Å². The number of hydrogen-bond donors (Lipinski definition) is 1. The number of carbonyl (C=O) groups excluding carboxylic acids is 1. The van der Waals surface area contributed by atoms with E-state index in [0.717, 1.165) is 35.5 Å². The Bertz CT molecular complexity index is 927. The van der Waals surface area contributed by atoms with Gasteiger partial charge in [0.05, 0.1) is 0 Å². The number of nitrogens with one attached hydrogen (secondary N) is 1. The molecule has 0 unspecified atom stereocenters. The lowest BCUT2D eigenvalue weighted by molar-refractivity contribution is -0.116. The molecule has 0 aliphatic heterocycles. The topological polar surface area (TPSA) is 59.8 Å².